The van der Waals surface area contributed by atoms with Gasteiger partial charge in [0, 0.05) is 4.47 Å². The van der Waals surface area contributed by atoms with Crippen LogP contribution in [-0.2, 0) is 0 Å². The summed E-state index contributed by atoms with van der Waals surface area (Å²) in [6.45, 7) is 0. The summed E-state index contributed by atoms with van der Waals surface area (Å²) >= 11 is 3.13. The van der Waals surface area contributed by atoms with Crippen LogP contribution in [0.1, 0.15) is 0 Å². The zero-order chi connectivity index (χ0) is 7.56. The van der Waals surface area contributed by atoms with E-state index in [9.17, 15) is 4.91 Å². The van der Waals surface area contributed by atoms with Gasteiger partial charge in [-0.3, -0.25) is 0 Å². The fourth-order valence-corrected chi connectivity index (χ4v) is 1.08. The van der Waals surface area contributed by atoms with E-state index in [4.69, 9.17) is 5.73 Å². The Morgan fingerprint density at radius 1 is 1.50 bits per heavy atom. The van der Waals surface area contributed by atoms with Gasteiger partial charge in [-0.1, -0.05) is 6.07 Å². The number of hydrogen-bond acceptors (Lipinski definition) is 3. The minimum atomic E-state index is 0.266. The van der Waals surface area contributed by atoms with Crippen molar-refractivity contribution < 1.29 is 0 Å². The van der Waals surface area contributed by atoms with Crippen LogP contribution in [0.4, 0.5) is 11.4 Å². The van der Waals surface area contributed by atoms with Crippen molar-refractivity contribution in [3.63, 3.8) is 0 Å². The topological polar surface area (TPSA) is 55.4 Å². The van der Waals surface area contributed by atoms with Gasteiger partial charge in [0.05, 0.1) is 5.69 Å². The van der Waals surface area contributed by atoms with Gasteiger partial charge in [0.15, 0.2) is 0 Å². The molecule has 0 bridgehead atoms. The lowest BCUT2D eigenvalue weighted by molar-refractivity contribution is 1.47. The van der Waals surface area contributed by atoms with Crippen LogP contribution in [0.15, 0.2) is 27.8 Å². The van der Waals surface area contributed by atoms with Gasteiger partial charge in [0.1, 0.15) is 5.69 Å². The van der Waals surface area contributed by atoms with Crippen molar-refractivity contribution in [1.29, 1.82) is 0 Å². The number of nitroso groups, excluding NO2 is 1. The van der Waals surface area contributed by atoms with Gasteiger partial charge < -0.3 is 5.73 Å². The van der Waals surface area contributed by atoms with Gasteiger partial charge in [0.2, 0.25) is 0 Å². The van der Waals surface area contributed by atoms with E-state index < -0.39 is 0 Å². The molecule has 1 aromatic carbocycles. The summed E-state index contributed by atoms with van der Waals surface area (Å²) in [5, 5.41) is 2.75. The van der Waals surface area contributed by atoms with Gasteiger partial charge >= 0.3 is 0 Å². The van der Waals surface area contributed by atoms with Crippen LogP contribution in [-0.4, -0.2) is 0 Å². The molecule has 0 saturated carbocycles. The predicted octanol–water partition coefficient (Wildman–Crippen LogP) is 2.43. The molecule has 2 N–H and O–H groups in total. The third-order valence-corrected chi connectivity index (χ3v) is 1.75. The molecule has 0 fully saturated rings. The van der Waals surface area contributed by atoms with E-state index in [1.54, 1.807) is 18.2 Å². The number of nitrogens with two attached hydrogens (primary N) is 1. The average Bonchev–Trinajstić information content (AvgIpc) is 1.88. The maximum atomic E-state index is 10.1. The fourth-order valence-electron chi connectivity index (χ4n) is 0.628. The van der Waals surface area contributed by atoms with Crippen molar-refractivity contribution in [2.75, 3.05) is 5.73 Å². The SMILES string of the molecule is Nc1cccc(Br)c1N=O. The molecule has 0 unspecified atom stereocenters. The first-order chi connectivity index (χ1) is 4.75. The van der Waals surface area contributed by atoms with Crippen molar-refractivity contribution >= 4 is 27.3 Å². The van der Waals surface area contributed by atoms with E-state index in [2.05, 4.69) is 21.1 Å². The molecule has 0 aromatic heterocycles. The van der Waals surface area contributed by atoms with Crippen molar-refractivity contribution in [2.24, 2.45) is 5.18 Å². The molecule has 0 amide bonds. The normalized spacial score (nSPS) is 9.30. The second kappa shape index (κ2) is 2.79. The molecule has 1 aromatic rings. The molecule has 3 nitrogen and oxygen atoms in total. The minimum absolute atomic E-state index is 0.266. The molecular formula is C6H5BrN2O. The summed E-state index contributed by atoms with van der Waals surface area (Å²) in [6.07, 6.45) is 0. The lowest BCUT2D eigenvalue weighted by Gasteiger charge is -1.96. The highest BCUT2D eigenvalue weighted by atomic mass is 79.9. The molecule has 52 valence electrons. The van der Waals surface area contributed by atoms with E-state index in [1.165, 1.54) is 0 Å². The Labute approximate surface area is 66.3 Å². The molecule has 1 rings (SSSR count). The lowest BCUT2D eigenvalue weighted by atomic mass is 10.3. The Bertz CT molecular complexity index is 242. The van der Waals surface area contributed by atoms with E-state index in [1.807, 2.05) is 0 Å². The molecule has 0 radical (unpaired) electrons. The zero-order valence-electron chi connectivity index (χ0n) is 5.04. The summed E-state index contributed by atoms with van der Waals surface area (Å²) in [6, 6.07) is 5.09. The maximum absolute atomic E-state index is 10.1. The minimum Gasteiger partial charge on any atom is -0.397 e. The number of nitrogens with zero attached hydrogens (tertiary/aromatic N) is 1. The summed E-state index contributed by atoms with van der Waals surface area (Å²) in [5.74, 6) is 0. The van der Waals surface area contributed by atoms with Crippen LogP contribution in [0, 0.1) is 4.91 Å². The Kier molecular flexibility index (Phi) is 2.01. The standard InChI is InChI=1S/C6H5BrN2O/c7-4-2-1-3-5(8)6(4)9-10/h1-3H,8H2. The van der Waals surface area contributed by atoms with Crippen molar-refractivity contribution in [3.05, 3.63) is 27.6 Å². The Balaban J connectivity index is 3.30. The van der Waals surface area contributed by atoms with E-state index in [-0.39, 0.29) is 5.69 Å². The summed E-state index contributed by atoms with van der Waals surface area (Å²) in [7, 11) is 0. The van der Waals surface area contributed by atoms with Crippen LogP contribution in [0.5, 0.6) is 0 Å². The van der Waals surface area contributed by atoms with Crippen LogP contribution < -0.4 is 5.73 Å². The smallest absolute Gasteiger partial charge is 0.145 e. The molecule has 0 atom stereocenters. The molecule has 0 aliphatic carbocycles. The first-order valence-electron chi connectivity index (χ1n) is 2.63. The van der Waals surface area contributed by atoms with Crippen molar-refractivity contribution in [1.82, 2.24) is 0 Å². The number of rotatable bonds is 1. The summed E-state index contributed by atoms with van der Waals surface area (Å²) in [5.41, 5.74) is 6.07. The maximum Gasteiger partial charge on any atom is 0.145 e. The average molecular weight is 201 g/mol. The second-order valence-corrected chi connectivity index (χ2v) is 2.62. The van der Waals surface area contributed by atoms with E-state index in [0.717, 1.165) is 0 Å². The molecule has 0 spiro atoms. The third-order valence-electron chi connectivity index (χ3n) is 1.11. The monoisotopic (exact) mass is 200 g/mol. The van der Waals surface area contributed by atoms with Crippen molar-refractivity contribution in [2.45, 2.75) is 0 Å². The molecule has 4 heteroatoms. The second-order valence-electron chi connectivity index (χ2n) is 1.77. The van der Waals surface area contributed by atoms with Gasteiger partial charge in [-0.15, -0.1) is 4.91 Å². The number of anilines is 1. The largest absolute Gasteiger partial charge is 0.397 e. The lowest BCUT2D eigenvalue weighted by Crippen LogP contribution is -1.84. The molecule has 0 aliphatic heterocycles. The summed E-state index contributed by atoms with van der Waals surface area (Å²) in [4.78, 5) is 10.1. The Morgan fingerprint density at radius 2 is 2.20 bits per heavy atom. The number of halogens is 1. The first-order valence-corrected chi connectivity index (χ1v) is 3.42. The van der Waals surface area contributed by atoms with Crippen LogP contribution in [0.25, 0.3) is 0 Å². The molecular weight excluding hydrogens is 196 g/mol. The van der Waals surface area contributed by atoms with E-state index >= 15 is 0 Å². The fraction of sp³-hybridized carbons (Fsp3) is 0. The predicted molar refractivity (Wildman–Crippen MR) is 44.0 cm³/mol. The number of benzene rings is 1. The molecule has 0 saturated heterocycles. The van der Waals surface area contributed by atoms with Crippen LogP contribution >= 0.6 is 15.9 Å². The van der Waals surface area contributed by atoms with Crippen molar-refractivity contribution in [3.8, 4) is 0 Å². The Morgan fingerprint density at radius 3 is 2.60 bits per heavy atom. The van der Waals surface area contributed by atoms with E-state index in [0.29, 0.717) is 10.2 Å². The number of hydrogen-bond donors (Lipinski definition) is 1. The quantitative estimate of drug-likeness (QED) is 0.560. The van der Waals surface area contributed by atoms with Gasteiger partial charge in [-0.05, 0) is 33.2 Å². The summed E-state index contributed by atoms with van der Waals surface area (Å²) < 4.78 is 0.627. The van der Waals surface area contributed by atoms with Gasteiger partial charge in [-0.2, -0.15) is 0 Å². The highest BCUT2D eigenvalue weighted by Gasteiger charge is 2.01. The van der Waals surface area contributed by atoms with Gasteiger partial charge in [0.25, 0.3) is 0 Å². The highest BCUT2D eigenvalue weighted by molar-refractivity contribution is 9.10. The first kappa shape index (κ1) is 7.21. The molecule has 10 heavy (non-hydrogen) atoms. The molecule has 0 heterocycles. The highest BCUT2D eigenvalue weighted by Crippen LogP contribution is 2.30. The molecule has 0 aliphatic rings. The third kappa shape index (κ3) is 1.16. The number of nitrogen functional groups attached to an aromatic ring is 1. The van der Waals surface area contributed by atoms with Gasteiger partial charge in [-0.25, -0.2) is 0 Å². The van der Waals surface area contributed by atoms with Crippen LogP contribution in [0.3, 0.4) is 0 Å². The van der Waals surface area contributed by atoms with Crippen LogP contribution in [0.2, 0.25) is 0 Å². The zero-order valence-corrected chi connectivity index (χ0v) is 6.63. The Hall–Kier alpha value is -0.900.